The third kappa shape index (κ3) is 4.79. The molecule has 0 saturated carbocycles. The van der Waals surface area contributed by atoms with E-state index in [9.17, 15) is 4.79 Å². The monoisotopic (exact) mass is 158 g/mol. The summed E-state index contributed by atoms with van der Waals surface area (Å²) in [6.07, 6.45) is 0. The molecule has 0 aliphatic rings. The Morgan fingerprint density at radius 2 is 2.09 bits per heavy atom. The Morgan fingerprint density at radius 1 is 1.45 bits per heavy atom. The quantitative estimate of drug-likeness (QED) is 0.590. The second-order valence-electron chi connectivity index (χ2n) is 2.45. The zero-order valence-corrected chi connectivity index (χ0v) is 7.68. The molecule has 11 heavy (non-hydrogen) atoms. The minimum atomic E-state index is 0.158. The summed E-state index contributed by atoms with van der Waals surface area (Å²) in [6.45, 7) is 9.15. The van der Waals surface area contributed by atoms with E-state index in [-0.39, 0.29) is 5.91 Å². The third-order valence-corrected chi connectivity index (χ3v) is 1.64. The zero-order chi connectivity index (χ0) is 8.69. The Kier molecular flexibility index (Phi) is 5.84. The molecule has 0 heterocycles. The maximum atomic E-state index is 10.9. The summed E-state index contributed by atoms with van der Waals surface area (Å²) in [7, 11) is 0. The summed E-state index contributed by atoms with van der Waals surface area (Å²) in [5.74, 6) is 0.158. The van der Waals surface area contributed by atoms with Gasteiger partial charge in [0.05, 0.1) is 0 Å². The van der Waals surface area contributed by atoms with Crippen LogP contribution in [0.15, 0.2) is 0 Å². The van der Waals surface area contributed by atoms with Crippen LogP contribution in [-0.2, 0) is 4.79 Å². The van der Waals surface area contributed by atoms with Crippen molar-refractivity contribution in [2.45, 2.75) is 20.8 Å². The van der Waals surface area contributed by atoms with E-state index in [0.717, 1.165) is 26.2 Å². The Hall–Kier alpha value is -0.570. The summed E-state index contributed by atoms with van der Waals surface area (Å²) in [4.78, 5) is 12.7. The van der Waals surface area contributed by atoms with Crippen molar-refractivity contribution in [2.75, 3.05) is 26.2 Å². The average molecular weight is 158 g/mol. The SMILES string of the molecule is CCNCCN(CC)C(C)=O. The summed E-state index contributed by atoms with van der Waals surface area (Å²) >= 11 is 0. The summed E-state index contributed by atoms with van der Waals surface area (Å²) < 4.78 is 0. The van der Waals surface area contributed by atoms with Crippen LogP contribution in [0.4, 0.5) is 0 Å². The highest BCUT2D eigenvalue weighted by Gasteiger charge is 2.03. The first kappa shape index (κ1) is 10.4. The van der Waals surface area contributed by atoms with Gasteiger partial charge in [0.25, 0.3) is 0 Å². The lowest BCUT2D eigenvalue weighted by Crippen LogP contribution is -2.35. The summed E-state index contributed by atoms with van der Waals surface area (Å²) in [6, 6.07) is 0. The van der Waals surface area contributed by atoms with Gasteiger partial charge < -0.3 is 10.2 Å². The molecule has 0 saturated heterocycles. The molecule has 3 heteroatoms. The second kappa shape index (κ2) is 6.16. The molecule has 0 spiro atoms. The molecule has 0 radical (unpaired) electrons. The van der Waals surface area contributed by atoms with Gasteiger partial charge >= 0.3 is 0 Å². The van der Waals surface area contributed by atoms with Gasteiger partial charge in [-0.1, -0.05) is 6.92 Å². The number of hydrogen-bond acceptors (Lipinski definition) is 2. The largest absolute Gasteiger partial charge is 0.342 e. The fraction of sp³-hybridized carbons (Fsp3) is 0.875. The molecule has 0 bridgehead atoms. The van der Waals surface area contributed by atoms with E-state index in [1.54, 1.807) is 6.92 Å². The van der Waals surface area contributed by atoms with E-state index in [2.05, 4.69) is 12.2 Å². The molecule has 0 aromatic carbocycles. The fourth-order valence-electron chi connectivity index (χ4n) is 0.929. The van der Waals surface area contributed by atoms with Gasteiger partial charge in [-0.2, -0.15) is 0 Å². The molecule has 1 N–H and O–H groups in total. The van der Waals surface area contributed by atoms with Gasteiger partial charge in [-0.05, 0) is 13.5 Å². The highest BCUT2D eigenvalue weighted by atomic mass is 16.2. The van der Waals surface area contributed by atoms with E-state index in [0.29, 0.717) is 0 Å². The molecule has 0 aliphatic carbocycles. The third-order valence-electron chi connectivity index (χ3n) is 1.64. The summed E-state index contributed by atoms with van der Waals surface area (Å²) in [5.41, 5.74) is 0. The highest BCUT2D eigenvalue weighted by molar-refractivity contribution is 5.73. The summed E-state index contributed by atoms with van der Waals surface area (Å²) in [5, 5.41) is 3.17. The van der Waals surface area contributed by atoms with Gasteiger partial charge in [0, 0.05) is 26.6 Å². The van der Waals surface area contributed by atoms with Gasteiger partial charge in [0.2, 0.25) is 5.91 Å². The number of likely N-dealkylation sites (N-methyl/N-ethyl adjacent to an activating group) is 2. The smallest absolute Gasteiger partial charge is 0.219 e. The number of nitrogens with one attached hydrogen (secondary N) is 1. The van der Waals surface area contributed by atoms with Crippen LogP contribution in [0.1, 0.15) is 20.8 Å². The van der Waals surface area contributed by atoms with Gasteiger partial charge in [0.1, 0.15) is 0 Å². The van der Waals surface area contributed by atoms with Crippen molar-refractivity contribution in [3.8, 4) is 0 Å². The lowest BCUT2D eigenvalue weighted by molar-refractivity contribution is -0.128. The van der Waals surface area contributed by atoms with Crippen molar-refractivity contribution in [1.82, 2.24) is 10.2 Å². The van der Waals surface area contributed by atoms with E-state index < -0.39 is 0 Å². The van der Waals surface area contributed by atoms with Crippen LogP contribution < -0.4 is 5.32 Å². The molecule has 0 unspecified atom stereocenters. The predicted molar refractivity (Wildman–Crippen MR) is 46.5 cm³/mol. The topological polar surface area (TPSA) is 32.3 Å². The molecule has 0 aromatic rings. The maximum Gasteiger partial charge on any atom is 0.219 e. The van der Waals surface area contributed by atoms with Crippen LogP contribution in [-0.4, -0.2) is 37.0 Å². The van der Waals surface area contributed by atoms with Crippen molar-refractivity contribution in [3.63, 3.8) is 0 Å². The predicted octanol–water partition coefficient (Wildman–Crippen LogP) is 0.464. The van der Waals surface area contributed by atoms with Crippen LogP contribution in [0.25, 0.3) is 0 Å². The number of carbonyl (C=O) groups excluding carboxylic acids is 1. The minimum absolute atomic E-state index is 0.158. The normalized spacial score (nSPS) is 9.73. The van der Waals surface area contributed by atoms with E-state index in [1.807, 2.05) is 11.8 Å². The maximum absolute atomic E-state index is 10.9. The van der Waals surface area contributed by atoms with Crippen molar-refractivity contribution >= 4 is 5.91 Å². The van der Waals surface area contributed by atoms with Crippen LogP contribution in [0.3, 0.4) is 0 Å². The highest BCUT2D eigenvalue weighted by Crippen LogP contribution is 1.86. The lowest BCUT2D eigenvalue weighted by Gasteiger charge is -2.18. The molecular formula is C8H18N2O. The van der Waals surface area contributed by atoms with Crippen LogP contribution in [0.5, 0.6) is 0 Å². The Labute approximate surface area is 68.8 Å². The zero-order valence-electron chi connectivity index (χ0n) is 7.68. The van der Waals surface area contributed by atoms with Crippen LogP contribution >= 0.6 is 0 Å². The molecule has 0 aromatic heterocycles. The molecule has 1 amide bonds. The number of amides is 1. The van der Waals surface area contributed by atoms with Crippen molar-refractivity contribution in [1.29, 1.82) is 0 Å². The molecule has 0 aliphatic heterocycles. The van der Waals surface area contributed by atoms with Crippen molar-refractivity contribution < 1.29 is 4.79 Å². The fourth-order valence-corrected chi connectivity index (χ4v) is 0.929. The first-order valence-electron chi connectivity index (χ1n) is 4.18. The van der Waals surface area contributed by atoms with Gasteiger partial charge in [0.15, 0.2) is 0 Å². The number of nitrogens with zero attached hydrogens (tertiary/aromatic N) is 1. The van der Waals surface area contributed by atoms with Crippen molar-refractivity contribution in [2.24, 2.45) is 0 Å². The number of rotatable bonds is 5. The second-order valence-corrected chi connectivity index (χ2v) is 2.45. The number of carbonyl (C=O) groups is 1. The first-order chi connectivity index (χ1) is 5.22. The van der Waals surface area contributed by atoms with E-state index in [1.165, 1.54) is 0 Å². The molecular weight excluding hydrogens is 140 g/mol. The van der Waals surface area contributed by atoms with Crippen LogP contribution in [0.2, 0.25) is 0 Å². The van der Waals surface area contributed by atoms with Crippen LogP contribution in [0, 0.1) is 0 Å². The van der Waals surface area contributed by atoms with Gasteiger partial charge in [-0.3, -0.25) is 4.79 Å². The molecule has 3 nitrogen and oxygen atoms in total. The van der Waals surface area contributed by atoms with E-state index >= 15 is 0 Å². The molecule has 0 atom stereocenters. The molecule has 0 rings (SSSR count). The Bertz CT molecular complexity index is 115. The average Bonchev–Trinajstić information content (AvgIpc) is 1.97. The Balaban J connectivity index is 3.44. The molecule has 66 valence electrons. The first-order valence-corrected chi connectivity index (χ1v) is 4.18. The molecule has 0 fully saturated rings. The Morgan fingerprint density at radius 3 is 2.45 bits per heavy atom. The minimum Gasteiger partial charge on any atom is -0.342 e. The van der Waals surface area contributed by atoms with E-state index in [4.69, 9.17) is 0 Å². The lowest BCUT2D eigenvalue weighted by atomic mass is 10.4. The van der Waals surface area contributed by atoms with Gasteiger partial charge in [-0.15, -0.1) is 0 Å². The van der Waals surface area contributed by atoms with Gasteiger partial charge in [-0.25, -0.2) is 0 Å². The number of hydrogen-bond donors (Lipinski definition) is 1. The van der Waals surface area contributed by atoms with Crippen molar-refractivity contribution in [3.05, 3.63) is 0 Å². The standard InChI is InChI=1S/C8H18N2O/c1-4-9-6-7-10(5-2)8(3)11/h9H,4-7H2,1-3H3.